The first-order valence-corrected chi connectivity index (χ1v) is 34.3. The molecule has 0 aromatic heterocycles. The van der Waals surface area contributed by atoms with Crippen LogP contribution in [0.25, 0.3) is 0 Å². The van der Waals surface area contributed by atoms with E-state index in [1.807, 2.05) is 6.08 Å². The molecular formula is C70H133NO5. The molecule has 0 saturated heterocycles. The molecule has 76 heavy (non-hydrogen) atoms. The van der Waals surface area contributed by atoms with Gasteiger partial charge in [0, 0.05) is 12.8 Å². The Labute approximate surface area is 474 Å². The molecule has 0 aromatic rings. The zero-order valence-corrected chi connectivity index (χ0v) is 51.3. The van der Waals surface area contributed by atoms with Crippen LogP contribution >= 0.6 is 0 Å². The minimum atomic E-state index is -0.844. The second-order valence-electron chi connectivity index (χ2n) is 23.5. The van der Waals surface area contributed by atoms with Gasteiger partial charge in [-0.1, -0.05) is 339 Å². The molecule has 6 nitrogen and oxygen atoms in total. The molecule has 0 aromatic carbocycles. The predicted octanol–water partition coefficient (Wildman–Crippen LogP) is 21.9. The van der Waals surface area contributed by atoms with Crippen molar-refractivity contribution in [1.29, 1.82) is 0 Å². The molecule has 6 heteroatoms. The Morgan fingerprint density at radius 1 is 0.368 bits per heavy atom. The molecule has 3 N–H and O–H groups in total. The van der Waals surface area contributed by atoms with Gasteiger partial charge in [-0.25, -0.2) is 0 Å². The fourth-order valence-electron chi connectivity index (χ4n) is 10.7. The first-order valence-electron chi connectivity index (χ1n) is 34.3. The lowest BCUT2D eigenvalue weighted by atomic mass is 10.0. The van der Waals surface area contributed by atoms with Crippen molar-refractivity contribution in [3.63, 3.8) is 0 Å². The van der Waals surface area contributed by atoms with E-state index in [4.69, 9.17) is 4.74 Å². The van der Waals surface area contributed by atoms with Gasteiger partial charge in [0.1, 0.15) is 0 Å². The van der Waals surface area contributed by atoms with Crippen LogP contribution in [0.2, 0.25) is 0 Å². The molecule has 0 rings (SSSR count). The first-order chi connectivity index (χ1) is 37.5. The maximum Gasteiger partial charge on any atom is 0.305 e. The van der Waals surface area contributed by atoms with Crippen molar-refractivity contribution < 1.29 is 24.5 Å². The summed E-state index contributed by atoms with van der Waals surface area (Å²) in [6.07, 6.45) is 83.5. The van der Waals surface area contributed by atoms with E-state index in [1.54, 1.807) is 6.08 Å². The van der Waals surface area contributed by atoms with Crippen molar-refractivity contribution in [2.24, 2.45) is 0 Å². The van der Waals surface area contributed by atoms with Crippen molar-refractivity contribution in [3.05, 3.63) is 36.5 Å². The van der Waals surface area contributed by atoms with Gasteiger partial charge in [0.05, 0.1) is 25.4 Å². The Kier molecular flexibility index (Phi) is 63.9. The van der Waals surface area contributed by atoms with Gasteiger partial charge >= 0.3 is 5.97 Å². The van der Waals surface area contributed by atoms with Crippen molar-refractivity contribution in [2.45, 2.75) is 386 Å². The van der Waals surface area contributed by atoms with Crippen LogP contribution in [-0.2, 0) is 14.3 Å². The largest absolute Gasteiger partial charge is 0.466 e. The minimum absolute atomic E-state index is 0.00250. The van der Waals surface area contributed by atoms with E-state index in [0.29, 0.717) is 19.4 Å². The highest BCUT2D eigenvalue weighted by Gasteiger charge is 2.18. The molecule has 0 saturated carbocycles. The van der Waals surface area contributed by atoms with Gasteiger partial charge < -0.3 is 20.3 Å². The zero-order chi connectivity index (χ0) is 55.0. The predicted molar refractivity (Wildman–Crippen MR) is 333 cm³/mol. The SMILES string of the molecule is CCCC/C=C\C/C=C\CCCCCCCC(=O)OCCCCCCCCCCCCCCCCCCCCCCCCCCCCC(=O)NC(CO)C(O)/C=C/CCCCCCCCCCCCCCCCCCC. The number of hydrogen-bond donors (Lipinski definition) is 3. The molecule has 0 aliphatic rings. The molecule has 0 fully saturated rings. The molecule has 0 spiro atoms. The second-order valence-corrected chi connectivity index (χ2v) is 23.5. The lowest BCUT2D eigenvalue weighted by Crippen LogP contribution is -2.45. The summed E-state index contributed by atoms with van der Waals surface area (Å²) >= 11 is 0. The van der Waals surface area contributed by atoms with Gasteiger partial charge in [-0.15, -0.1) is 0 Å². The van der Waals surface area contributed by atoms with Crippen molar-refractivity contribution in [1.82, 2.24) is 5.32 Å². The molecule has 0 heterocycles. The number of aliphatic hydroxyl groups is 2. The Morgan fingerprint density at radius 2 is 0.671 bits per heavy atom. The molecule has 448 valence electrons. The number of aliphatic hydroxyl groups excluding tert-OH is 2. The molecule has 0 aliphatic carbocycles. The first kappa shape index (κ1) is 74.1. The molecule has 1 amide bonds. The van der Waals surface area contributed by atoms with Crippen LogP contribution in [0, 0.1) is 0 Å². The quantitative estimate of drug-likeness (QED) is 0.0320. The summed E-state index contributed by atoms with van der Waals surface area (Å²) < 4.78 is 5.48. The number of esters is 1. The number of carbonyl (C=O) groups is 2. The van der Waals surface area contributed by atoms with E-state index >= 15 is 0 Å². The molecule has 2 unspecified atom stereocenters. The molecule has 0 bridgehead atoms. The van der Waals surface area contributed by atoms with Gasteiger partial charge in [-0.3, -0.25) is 9.59 Å². The Balaban J connectivity index is 3.39. The lowest BCUT2D eigenvalue weighted by Gasteiger charge is -2.20. The van der Waals surface area contributed by atoms with Gasteiger partial charge in [0.2, 0.25) is 5.91 Å². The normalized spacial score (nSPS) is 12.7. The third kappa shape index (κ3) is 61.3. The van der Waals surface area contributed by atoms with Gasteiger partial charge in [-0.05, 0) is 57.8 Å². The fraction of sp³-hybridized carbons (Fsp3) is 0.886. The highest BCUT2D eigenvalue weighted by molar-refractivity contribution is 5.76. The highest BCUT2D eigenvalue weighted by Crippen LogP contribution is 2.18. The standard InChI is InChI=1S/C70H133NO5/c1-3-5-7-9-11-13-15-17-19-20-29-32-35-38-42-46-50-54-58-62-68(73)67(66-72)71-69(74)63-59-55-51-47-43-39-36-33-30-27-25-23-21-22-24-26-28-31-34-37-41-45-49-53-57-61-65-76-70(75)64-60-56-52-48-44-40-18-16-14-12-10-8-6-4-2/h10,12,16,18,58,62,67-68,72-73H,3-9,11,13-15,17,19-57,59-61,63-66H2,1-2H3,(H,71,74)/b12-10-,18-16-,62-58+. The Morgan fingerprint density at radius 3 is 1.04 bits per heavy atom. The van der Waals surface area contributed by atoms with Crippen LogP contribution in [-0.4, -0.2) is 47.4 Å². The number of hydrogen-bond acceptors (Lipinski definition) is 5. The number of unbranched alkanes of at least 4 members (excludes halogenated alkanes) is 49. The van der Waals surface area contributed by atoms with Crippen LogP contribution in [0.15, 0.2) is 36.5 Å². The summed E-state index contributed by atoms with van der Waals surface area (Å²) in [4.78, 5) is 24.6. The van der Waals surface area contributed by atoms with E-state index in [2.05, 4.69) is 43.5 Å². The summed E-state index contributed by atoms with van der Waals surface area (Å²) in [6, 6.07) is -0.627. The molecule has 2 atom stereocenters. The topological polar surface area (TPSA) is 95.9 Å². The van der Waals surface area contributed by atoms with Crippen molar-refractivity contribution >= 4 is 11.9 Å². The fourth-order valence-corrected chi connectivity index (χ4v) is 10.7. The Hall–Kier alpha value is -1.92. The smallest absolute Gasteiger partial charge is 0.305 e. The minimum Gasteiger partial charge on any atom is -0.466 e. The van der Waals surface area contributed by atoms with Crippen LogP contribution < -0.4 is 5.32 Å². The number of nitrogens with one attached hydrogen (secondary N) is 1. The number of carbonyl (C=O) groups excluding carboxylic acids is 2. The third-order valence-corrected chi connectivity index (χ3v) is 15.9. The van der Waals surface area contributed by atoms with E-state index in [1.165, 1.54) is 295 Å². The van der Waals surface area contributed by atoms with Crippen LogP contribution in [0.4, 0.5) is 0 Å². The lowest BCUT2D eigenvalue weighted by molar-refractivity contribution is -0.143. The van der Waals surface area contributed by atoms with Crippen molar-refractivity contribution in [2.75, 3.05) is 13.2 Å². The Bertz CT molecular complexity index is 1230. The van der Waals surface area contributed by atoms with Gasteiger partial charge in [0.15, 0.2) is 0 Å². The van der Waals surface area contributed by atoms with Crippen molar-refractivity contribution in [3.8, 4) is 0 Å². The highest BCUT2D eigenvalue weighted by atomic mass is 16.5. The van der Waals surface area contributed by atoms with Gasteiger partial charge in [0.25, 0.3) is 0 Å². The maximum atomic E-state index is 12.5. The molecular weight excluding hydrogens is 935 g/mol. The van der Waals surface area contributed by atoms with E-state index in [9.17, 15) is 19.8 Å². The summed E-state index contributed by atoms with van der Waals surface area (Å²) in [7, 11) is 0. The number of rotatable bonds is 64. The van der Waals surface area contributed by atoms with E-state index in [0.717, 1.165) is 51.4 Å². The number of amides is 1. The number of allylic oxidation sites excluding steroid dienone is 5. The van der Waals surface area contributed by atoms with Crippen LogP contribution in [0.1, 0.15) is 373 Å². The summed E-state index contributed by atoms with van der Waals surface area (Å²) in [5.74, 6) is -0.0603. The average molecular weight is 1070 g/mol. The van der Waals surface area contributed by atoms with E-state index in [-0.39, 0.29) is 18.5 Å². The van der Waals surface area contributed by atoms with E-state index < -0.39 is 12.1 Å². The second kappa shape index (κ2) is 65.6. The van der Waals surface area contributed by atoms with Gasteiger partial charge in [-0.2, -0.15) is 0 Å². The van der Waals surface area contributed by atoms with Crippen LogP contribution in [0.5, 0.6) is 0 Å². The zero-order valence-electron chi connectivity index (χ0n) is 51.3. The molecule has 0 radical (unpaired) electrons. The summed E-state index contributed by atoms with van der Waals surface area (Å²) in [5.41, 5.74) is 0. The van der Waals surface area contributed by atoms with Crippen LogP contribution in [0.3, 0.4) is 0 Å². The average Bonchev–Trinajstić information content (AvgIpc) is 3.42. The monoisotopic (exact) mass is 1070 g/mol. The third-order valence-electron chi connectivity index (χ3n) is 15.9. The summed E-state index contributed by atoms with van der Waals surface area (Å²) in [6.45, 7) is 4.89. The number of ether oxygens (including phenoxy) is 1. The molecule has 0 aliphatic heterocycles. The summed E-state index contributed by atoms with van der Waals surface area (Å²) in [5, 5.41) is 23.2. The maximum absolute atomic E-state index is 12.5.